The smallest absolute Gasteiger partial charge is 0.175 e. The van der Waals surface area contributed by atoms with E-state index in [-0.39, 0.29) is 0 Å². The number of azo groups is 1. The maximum atomic E-state index is 13.1. The first-order valence-corrected chi connectivity index (χ1v) is 6.12. The van der Waals surface area contributed by atoms with Gasteiger partial charge in [-0.1, -0.05) is 0 Å². The number of hydrogen-bond acceptors (Lipinski definition) is 6. The Hall–Kier alpha value is -2.41. The highest BCUT2D eigenvalue weighted by atomic mass is 32.1. The Balaban J connectivity index is 1.96. The second-order valence-corrected chi connectivity index (χ2v) is 4.45. The van der Waals surface area contributed by atoms with Gasteiger partial charge in [-0.3, -0.25) is 0 Å². The van der Waals surface area contributed by atoms with Crippen LogP contribution in [0, 0.1) is 5.82 Å². The van der Waals surface area contributed by atoms with Crippen molar-refractivity contribution in [2.45, 2.75) is 0 Å². The Bertz CT molecular complexity index is 771. The van der Waals surface area contributed by atoms with E-state index in [1.807, 2.05) is 6.07 Å². The Morgan fingerprint density at radius 2 is 2.11 bits per heavy atom. The second-order valence-electron chi connectivity index (χ2n) is 3.70. The van der Waals surface area contributed by atoms with Crippen molar-refractivity contribution < 1.29 is 9.50 Å². The highest BCUT2D eigenvalue weighted by molar-refractivity contribution is 7.11. The van der Waals surface area contributed by atoms with Crippen molar-refractivity contribution in [1.82, 2.24) is 9.36 Å². The van der Waals surface area contributed by atoms with Crippen LogP contribution in [-0.2, 0) is 0 Å². The zero-order chi connectivity index (χ0) is 13.2. The highest BCUT2D eigenvalue weighted by Gasteiger charge is 2.05. The van der Waals surface area contributed by atoms with E-state index in [0.717, 1.165) is 11.5 Å². The second kappa shape index (κ2) is 4.69. The average Bonchev–Trinajstić information content (AvgIpc) is 2.83. The van der Waals surface area contributed by atoms with Crippen LogP contribution in [0.1, 0.15) is 0 Å². The summed E-state index contributed by atoms with van der Waals surface area (Å²) in [6.07, 6.45) is 1.65. The van der Waals surface area contributed by atoms with E-state index < -0.39 is 11.6 Å². The van der Waals surface area contributed by atoms with Crippen molar-refractivity contribution in [2.75, 3.05) is 0 Å². The van der Waals surface area contributed by atoms with Crippen LogP contribution in [0.4, 0.5) is 15.1 Å². The van der Waals surface area contributed by atoms with Gasteiger partial charge in [-0.2, -0.15) is 4.37 Å². The van der Waals surface area contributed by atoms with Gasteiger partial charge in [0.05, 0.1) is 11.1 Å². The number of hydrogen-bond donors (Lipinski definition) is 1. The standard InChI is InChI=1S/C12H7FN4OS/c13-9-6-7(3-4-10(9)18)15-16-12-8-2-1-5-14-11(8)17-19-12/h1-6,18H/b16-15+. The molecule has 0 fully saturated rings. The molecule has 3 aromatic rings. The lowest BCUT2D eigenvalue weighted by Gasteiger charge is -1.95. The minimum atomic E-state index is -0.729. The van der Waals surface area contributed by atoms with Crippen LogP contribution in [0.15, 0.2) is 46.8 Å². The molecule has 0 aliphatic carbocycles. The summed E-state index contributed by atoms with van der Waals surface area (Å²) in [5.74, 6) is -1.14. The Kier molecular flexibility index (Phi) is 2.88. The molecule has 1 N–H and O–H groups in total. The third kappa shape index (κ3) is 2.27. The third-order valence-corrected chi connectivity index (χ3v) is 3.16. The molecule has 3 rings (SSSR count). The molecule has 7 heteroatoms. The van der Waals surface area contributed by atoms with E-state index >= 15 is 0 Å². The predicted octanol–water partition coefficient (Wildman–Crippen LogP) is 3.95. The predicted molar refractivity (Wildman–Crippen MR) is 69.7 cm³/mol. The summed E-state index contributed by atoms with van der Waals surface area (Å²) >= 11 is 1.17. The van der Waals surface area contributed by atoms with E-state index in [9.17, 15) is 4.39 Å². The first-order valence-electron chi connectivity index (χ1n) is 5.35. The minimum Gasteiger partial charge on any atom is -0.505 e. The molecule has 0 saturated carbocycles. The SMILES string of the molecule is Oc1ccc(/N=N/c2snc3ncccc23)cc1F. The number of aromatic hydroxyl groups is 1. The quantitative estimate of drug-likeness (QED) is 0.719. The molecule has 2 heterocycles. The fourth-order valence-electron chi connectivity index (χ4n) is 1.51. The van der Waals surface area contributed by atoms with Crippen LogP contribution in [-0.4, -0.2) is 14.5 Å². The summed E-state index contributed by atoms with van der Waals surface area (Å²) in [6, 6.07) is 7.45. The van der Waals surface area contributed by atoms with Crippen molar-refractivity contribution in [3.05, 3.63) is 42.3 Å². The van der Waals surface area contributed by atoms with Crippen molar-refractivity contribution in [1.29, 1.82) is 0 Å². The van der Waals surface area contributed by atoms with Gasteiger partial charge in [0.25, 0.3) is 0 Å². The average molecular weight is 274 g/mol. The molecule has 0 aliphatic rings. The fraction of sp³-hybridized carbons (Fsp3) is 0. The van der Waals surface area contributed by atoms with Crippen LogP contribution < -0.4 is 0 Å². The summed E-state index contributed by atoms with van der Waals surface area (Å²) in [6.45, 7) is 0. The first-order chi connectivity index (χ1) is 9.24. The molecule has 0 saturated heterocycles. The third-order valence-electron chi connectivity index (χ3n) is 2.42. The number of phenolic OH excluding ortho intramolecular Hbond substituents is 1. The lowest BCUT2D eigenvalue weighted by molar-refractivity contribution is 0.432. The molecule has 0 unspecified atom stereocenters. The lowest BCUT2D eigenvalue weighted by atomic mass is 10.3. The van der Waals surface area contributed by atoms with Gasteiger partial charge >= 0.3 is 0 Å². The zero-order valence-electron chi connectivity index (χ0n) is 9.49. The zero-order valence-corrected chi connectivity index (χ0v) is 10.3. The van der Waals surface area contributed by atoms with Crippen LogP contribution in [0.5, 0.6) is 5.75 Å². The number of halogens is 1. The largest absolute Gasteiger partial charge is 0.505 e. The van der Waals surface area contributed by atoms with Gasteiger partial charge < -0.3 is 5.11 Å². The number of fused-ring (bicyclic) bond motifs is 1. The number of phenols is 1. The first kappa shape index (κ1) is 11.7. The Morgan fingerprint density at radius 3 is 2.95 bits per heavy atom. The number of rotatable bonds is 2. The molecule has 2 aromatic heterocycles. The molecule has 0 radical (unpaired) electrons. The number of benzene rings is 1. The minimum absolute atomic E-state index is 0.320. The maximum Gasteiger partial charge on any atom is 0.175 e. The van der Waals surface area contributed by atoms with Gasteiger partial charge in [0.2, 0.25) is 0 Å². The van der Waals surface area contributed by atoms with Crippen molar-refractivity contribution >= 4 is 33.3 Å². The maximum absolute atomic E-state index is 13.1. The molecular formula is C12H7FN4OS. The molecule has 5 nitrogen and oxygen atoms in total. The van der Waals surface area contributed by atoms with Gasteiger partial charge in [0, 0.05) is 12.3 Å². The molecule has 0 atom stereocenters. The van der Waals surface area contributed by atoms with Crippen molar-refractivity contribution in [3.8, 4) is 5.75 Å². The van der Waals surface area contributed by atoms with Gasteiger partial charge in [-0.05, 0) is 35.8 Å². The lowest BCUT2D eigenvalue weighted by Crippen LogP contribution is -1.73. The fourth-order valence-corrected chi connectivity index (χ4v) is 2.16. The number of aromatic nitrogens is 2. The van der Waals surface area contributed by atoms with Crippen molar-refractivity contribution in [2.24, 2.45) is 10.2 Å². The molecule has 0 bridgehead atoms. The normalized spacial score (nSPS) is 11.4. The van der Waals surface area contributed by atoms with E-state index in [0.29, 0.717) is 16.3 Å². The van der Waals surface area contributed by atoms with E-state index in [2.05, 4.69) is 19.6 Å². The topological polar surface area (TPSA) is 70.7 Å². The van der Waals surface area contributed by atoms with Crippen LogP contribution >= 0.6 is 11.5 Å². The van der Waals surface area contributed by atoms with Crippen LogP contribution in [0.2, 0.25) is 0 Å². The highest BCUT2D eigenvalue weighted by Crippen LogP contribution is 2.31. The molecular weight excluding hydrogens is 267 g/mol. The summed E-state index contributed by atoms with van der Waals surface area (Å²) in [5.41, 5.74) is 0.930. The molecule has 19 heavy (non-hydrogen) atoms. The van der Waals surface area contributed by atoms with Crippen LogP contribution in [0.25, 0.3) is 11.0 Å². The van der Waals surface area contributed by atoms with E-state index in [1.165, 1.54) is 23.7 Å². The van der Waals surface area contributed by atoms with E-state index in [1.54, 1.807) is 12.3 Å². The van der Waals surface area contributed by atoms with Gasteiger partial charge in [0.15, 0.2) is 22.2 Å². The van der Waals surface area contributed by atoms with Gasteiger partial charge in [-0.25, -0.2) is 9.37 Å². The summed E-state index contributed by atoms with van der Waals surface area (Å²) in [5, 5.41) is 18.4. The Labute approximate surface area is 111 Å². The molecule has 0 spiro atoms. The van der Waals surface area contributed by atoms with Gasteiger partial charge in [-0.15, -0.1) is 10.2 Å². The molecule has 0 aliphatic heterocycles. The van der Waals surface area contributed by atoms with Gasteiger partial charge in [0.1, 0.15) is 0 Å². The van der Waals surface area contributed by atoms with Crippen LogP contribution in [0.3, 0.4) is 0 Å². The summed E-state index contributed by atoms with van der Waals surface area (Å²) in [7, 11) is 0. The monoisotopic (exact) mass is 274 g/mol. The number of nitrogens with zero attached hydrogens (tertiary/aromatic N) is 4. The van der Waals surface area contributed by atoms with E-state index in [4.69, 9.17) is 5.11 Å². The summed E-state index contributed by atoms with van der Waals surface area (Å²) < 4.78 is 17.3. The number of pyridine rings is 1. The molecule has 1 aromatic carbocycles. The Morgan fingerprint density at radius 1 is 1.21 bits per heavy atom. The van der Waals surface area contributed by atoms with Crippen molar-refractivity contribution in [3.63, 3.8) is 0 Å². The molecule has 94 valence electrons. The molecule has 0 amide bonds. The summed E-state index contributed by atoms with van der Waals surface area (Å²) in [4.78, 5) is 4.09.